The van der Waals surface area contributed by atoms with Gasteiger partial charge in [-0.2, -0.15) is 0 Å². The molecule has 1 aliphatic heterocycles. The van der Waals surface area contributed by atoms with Crippen molar-refractivity contribution in [2.24, 2.45) is 0 Å². The zero-order valence-electron chi connectivity index (χ0n) is 17.0. The predicted molar refractivity (Wildman–Crippen MR) is 118 cm³/mol. The summed E-state index contributed by atoms with van der Waals surface area (Å²) < 4.78 is 12.3. The Labute approximate surface area is 177 Å². The third kappa shape index (κ3) is 5.19. The molecule has 0 bridgehead atoms. The molecule has 5 heteroatoms. The van der Waals surface area contributed by atoms with Crippen molar-refractivity contribution < 1.29 is 14.6 Å². The van der Waals surface area contributed by atoms with Gasteiger partial charge in [0.05, 0.1) is 0 Å². The van der Waals surface area contributed by atoms with Gasteiger partial charge in [-0.3, -0.25) is 4.90 Å². The summed E-state index contributed by atoms with van der Waals surface area (Å²) in [5, 5.41) is 13.1. The fourth-order valence-electron chi connectivity index (χ4n) is 3.80. The van der Waals surface area contributed by atoms with Gasteiger partial charge in [0.25, 0.3) is 0 Å². The van der Waals surface area contributed by atoms with Gasteiger partial charge in [-0.15, -0.1) is 0 Å². The number of rotatable bonds is 8. The van der Waals surface area contributed by atoms with E-state index < -0.39 is 0 Å². The molecule has 1 fully saturated rings. The van der Waals surface area contributed by atoms with E-state index in [-0.39, 0.29) is 12.6 Å². The van der Waals surface area contributed by atoms with E-state index in [2.05, 4.69) is 16.3 Å². The average Bonchev–Trinajstić information content (AvgIpc) is 2.81. The van der Waals surface area contributed by atoms with Crippen LogP contribution in [0.3, 0.4) is 0 Å². The Morgan fingerprint density at radius 1 is 0.800 bits per heavy atom. The van der Waals surface area contributed by atoms with Crippen molar-refractivity contribution >= 4 is 0 Å². The molecule has 1 aliphatic rings. The lowest BCUT2D eigenvalue weighted by atomic mass is 10.0. The molecule has 3 aromatic rings. The molecule has 30 heavy (non-hydrogen) atoms. The van der Waals surface area contributed by atoms with Gasteiger partial charge in [-0.1, -0.05) is 42.5 Å². The van der Waals surface area contributed by atoms with E-state index in [1.807, 2.05) is 72.8 Å². The number of aliphatic hydroxyl groups is 1. The van der Waals surface area contributed by atoms with Gasteiger partial charge in [0.2, 0.25) is 0 Å². The first-order valence-electron chi connectivity index (χ1n) is 10.5. The third-order valence-electron chi connectivity index (χ3n) is 5.29. The molecule has 4 rings (SSSR count). The van der Waals surface area contributed by atoms with Gasteiger partial charge in [0, 0.05) is 38.8 Å². The molecule has 0 saturated carbocycles. The SMILES string of the molecule is OCC[C@H](c1ccc(Oc2ccccc2)c(Oc2ccccc2)c1)N1CCNCC1. The number of nitrogens with one attached hydrogen (secondary N) is 1. The quantitative estimate of drug-likeness (QED) is 0.575. The monoisotopic (exact) mass is 404 g/mol. The Morgan fingerprint density at radius 2 is 1.40 bits per heavy atom. The molecule has 0 aromatic heterocycles. The highest BCUT2D eigenvalue weighted by Crippen LogP contribution is 2.38. The molecule has 156 valence electrons. The van der Waals surface area contributed by atoms with Crippen LogP contribution >= 0.6 is 0 Å². The molecule has 1 saturated heterocycles. The van der Waals surface area contributed by atoms with E-state index in [0.29, 0.717) is 17.9 Å². The maximum Gasteiger partial charge on any atom is 0.170 e. The highest BCUT2D eigenvalue weighted by molar-refractivity contribution is 5.48. The van der Waals surface area contributed by atoms with Gasteiger partial charge in [0.1, 0.15) is 11.5 Å². The molecule has 0 unspecified atom stereocenters. The van der Waals surface area contributed by atoms with Crippen molar-refractivity contribution in [2.75, 3.05) is 32.8 Å². The zero-order valence-corrected chi connectivity index (χ0v) is 17.0. The van der Waals surface area contributed by atoms with E-state index in [4.69, 9.17) is 9.47 Å². The van der Waals surface area contributed by atoms with Crippen molar-refractivity contribution in [3.8, 4) is 23.0 Å². The highest BCUT2D eigenvalue weighted by Gasteiger charge is 2.23. The molecule has 0 aliphatic carbocycles. The molecule has 2 N–H and O–H groups in total. The van der Waals surface area contributed by atoms with Crippen LogP contribution in [0.15, 0.2) is 78.9 Å². The summed E-state index contributed by atoms with van der Waals surface area (Å²) in [4.78, 5) is 2.42. The fraction of sp³-hybridized carbons (Fsp3) is 0.280. The molecule has 0 amide bonds. The van der Waals surface area contributed by atoms with E-state index in [1.165, 1.54) is 0 Å². The smallest absolute Gasteiger partial charge is 0.170 e. The molecule has 1 atom stereocenters. The largest absolute Gasteiger partial charge is 0.453 e. The molecule has 3 aromatic carbocycles. The molecule has 1 heterocycles. The molecule has 0 spiro atoms. The topological polar surface area (TPSA) is 54.0 Å². The lowest BCUT2D eigenvalue weighted by molar-refractivity contribution is 0.141. The first kappa shape index (κ1) is 20.4. The maximum absolute atomic E-state index is 9.68. The van der Waals surface area contributed by atoms with Crippen molar-refractivity contribution in [2.45, 2.75) is 12.5 Å². The highest BCUT2D eigenvalue weighted by atomic mass is 16.5. The number of hydrogen-bond donors (Lipinski definition) is 2. The number of nitrogens with zero attached hydrogens (tertiary/aromatic N) is 1. The Balaban J connectivity index is 1.66. The van der Waals surface area contributed by atoms with Gasteiger partial charge in [0.15, 0.2) is 11.5 Å². The molecule has 5 nitrogen and oxygen atoms in total. The Bertz CT molecular complexity index is 912. The van der Waals surface area contributed by atoms with Crippen LogP contribution in [0.25, 0.3) is 0 Å². The van der Waals surface area contributed by atoms with E-state index in [9.17, 15) is 5.11 Å². The summed E-state index contributed by atoms with van der Waals surface area (Å²) >= 11 is 0. The second-order valence-electron chi connectivity index (χ2n) is 7.35. The van der Waals surface area contributed by atoms with Crippen LogP contribution in [-0.4, -0.2) is 42.8 Å². The first-order valence-corrected chi connectivity index (χ1v) is 10.5. The minimum absolute atomic E-state index is 0.140. The Kier molecular flexibility index (Phi) is 6.98. The number of benzene rings is 3. The van der Waals surface area contributed by atoms with Crippen LogP contribution in [0.5, 0.6) is 23.0 Å². The molecular formula is C25H28N2O3. The van der Waals surface area contributed by atoms with Crippen molar-refractivity contribution in [1.29, 1.82) is 0 Å². The number of para-hydroxylation sites is 2. The van der Waals surface area contributed by atoms with Crippen LogP contribution in [0, 0.1) is 0 Å². The number of hydrogen-bond acceptors (Lipinski definition) is 5. The average molecular weight is 405 g/mol. The number of piperazine rings is 1. The second-order valence-corrected chi connectivity index (χ2v) is 7.35. The normalized spacial score (nSPS) is 15.5. The number of ether oxygens (including phenoxy) is 2. The van der Waals surface area contributed by atoms with Crippen LogP contribution in [-0.2, 0) is 0 Å². The standard InChI is InChI=1S/C25H28N2O3/c28-18-13-23(27-16-14-26-15-17-27)20-11-12-24(29-21-7-3-1-4-8-21)25(19-20)30-22-9-5-2-6-10-22/h1-12,19,23,26,28H,13-18H2/t23-/m1/s1. The third-order valence-corrected chi connectivity index (χ3v) is 5.29. The summed E-state index contributed by atoms with van der Waals surface area (Å²) in [7, 11) is 0. The summed E-state index contributed by atoms with van der Waals surface area (Å²) in [6.45, 7) is 3.99. The lowest BCUT2D eigenvalue weighted by Gasteiger charge is -2.35. The minimum atomic E-state index is 0.140. The first-order chi connectivity index (χ1) is 14.8. The van der Waals surface area contributed by atoms with E-state index >= 15 is 0 Å². The Hall–Kier alpha value is -2.86. The summed E-state index contributed by atoms with van der Waals surface area (Å²) in [5.74, 6) is 2.85. The van der Waals surface area contributed by atoms with E-state index in [0.717, 1.165) is 43.2 Å². The predicted octanol–water partition coefficient (Wildman–Crippen LogP) is 4.60. The van der Waals surface area contributed by atoms with Crippen LogP contribution in [0.2, 0.25) is 0 Å². The van der Waals surface area contributed by atoms with Crippen molar-refractivity contribution in [1.82, 2.24) is 10.2 Å². The van der Waals surface area contributed by atoms with Gasteiger partial charge >= 0.3 is 0 Å². The van der Waals surface area contributed by atoms with Crippen LogP contribution in [0.1, 0.15) is 18.0 Å². The molecular weight excluding hydrogens is 376 g/mol. The van der Waals surface area contributed by atoms with Crippen molar-refractivity contribution in [3.05, 3.63) is 84.4 Å². The van der Waals surface area contributed by atoms with Gasteiger partial charge < -0.3 is 19.9 Å². The minimum Gasteiger partial charge on any atom is -0.453 e. The summed E-state index contributed by atoms with van der Waals surface area (Å²) in [6.07, 6.45) is 0.684. The maximum atomic E-state index is 9.68. The van der Waals surface area contributed by atoms with Crippen molar-refractivity contribution in [3.63, 3.8) is 0 Å². The van der Waals surface area contributed by atoms with Gasteiger partial charge in [-0.05, 0) is 48.4 Å². The fourth-order valence-corrected chi connectivity index (χ4v) is 3.80. The van der Waals surface area contributed by atoms with E-state index in [1.54, 1.807) is 0 Å². The lowest BCUT2D eigenvalue weighted by Crippen LogP contribution is -2.45. The molecule has 0 radical (unpaired) electrons. The zero-order chi connectivity index (χ0) is 20.6. The Morgan fingerprint density at radius 3 is 2.00 bits per heavy atom. The number of aliphatic hydroxyl groups excluding tert-OH is 1. The van der Waals surface area contributed by atoms with Gasteiger partial charge in [-0.25, -0.2) is 0 Å². The second kappa shape index (κ2) is 10.3. The summed E-state index contributed by atoms with van der Waals surface area (Å²) in [6, 6.07) is 25.7. The van der Waals surface area contributed by atoms with Crippen LogP contribution in [0.4, 0.5) is 0 Å². The summed E-state index contributed by atoms with van der Waals surface area (Å²) in [5.41, 5.74) is 1.12. The van der Waals surface area contributed by atoms with Crippen LogP contribution < -0.4 is 14.8 Å².